The molecule has 16 heavy (non-hydrogen) atoms. The molecule has 1 amide bonds. The predicted molar refractivity (Wildman–Crippen MR) is 66.1 cm³/mol. The molecule has 2 N–H and O–H groups in total. The Hall–Kier alpha value is -0.610. The molecule has 4 heteroatoms. The van der Waals surface area contributed by atoms with Gasteiger partial charge in [0.2, 0.25) is 5.91 Å². The van der Waals surface area contributed by atoms with Crippen molar-refractivity contribution in [1.82, 2.24) is 4.90 Å². The van der Waals surface area contributed by atoms with Crippen molar-refractivity contribution in [3.8, 4) is 0 Å². The third-order valence-electron chi connectivity index (χ3n) is 2.53. The molecule has 0 aliphatic carbocycles. The number of methoxy groups -OCH3 is 1. The van der Waals surface area contributed by atoms with E-state index in [1.165, 1.54) is 0 Å². The number of nitrogens with two attached hydrogens (primary N) is 1. The lowest BCUT2D eigenvalue weighted by Crippen LogP contribution is -2.47. The van der Waals surface area contributed by atoms with Crippen LogP contribution in [0.15, 0.2) is 0 Å². The third kappa shape index (κ3) is 4.94. The molecule has 0 spiro atoms. The van der Waals surface area contributed by atoms with E-state index in [4.69, 9.17) is 10.5 Å². The second-order valence-corrected chi connectivity index (χ2v) is 5.23. The van der Waals surface area contributed by atoms with Crippen molar-refractivity contribution in [2.75, 3.05) is 33.4 Å². The van der Waals surface area contributed by atoms with Crippen LogP contribution in [-0.2, 0) is 9.53 Å². The van der Waals surface area contributed by atoms with Gasteiger partial charge in [0.1, 0.15) is 0 Å². The van der Waals surface area contributed by atoms with E-state index >= 15 is 0 Å². The fourth-order valence-electron chi connectivity index (χ4n) is 1.43. The molecule has 0 saturated heterocycles. The average Bonchev–Trinajstić information content (AvgIpc) is 2.22. The number of ether oxygens (including phenoxy) is 1. The first-order valence-corrected chi connectivity index (χ1v) is 5.83. The first-order valence-electron chi connectivity index (χ1n) is 5.83. The fourth-order valence-corrected chi connectivity index (χ4v) is 1.43. The number of hydrogen-bond acceptors (Lipinski definition) is 3. The number of amides is 1. The Morgan fingerprint density at radius 1 is 1.44 bits per heavy atom. The van der Waals surface area contributed by atoms with Crippen LogP contribution in [0.3, 0.4) is 0 Å². The maximum absolute atomic E-state index is 12.2. The monoisotopic (exact) mass is 230 g/mol. The first kappa shape index (κ1) is 15.4. The van der Waals surface area contributed by atoms with Gasteiger partial charge in [-0.1, -0.05) is 13.8 Å². The number of hydrogen-bond donors (Lipinski definition) is 1. The molecule has 0 aliphatic heterocycles. The van der Waals surface area contributed by atoms with Crippen LogP contribution < -0.4 is 5.73 Å². The summed E-state index contributed by atoms with van der Waals surface area (Å²) < 4.78 is 5.03. The molecule has 0 radical (unpaired) electrons. The smallest absolute Gasteiger partial charge is 0.229 e. The van der Waals surface area contributed by atoms with Crippen molar-refractivity contribution in [3.63, 3.8) is 0 Å². The van der Waals surface area contributed by atoms with E-state index < -0.39 is 5.41 Å². The highest BCUT2D eigenvalue weighted by molar-refractivity contribution is 5.82. The van der Waals surface area contributed by atoms with E-state index in [1.54, 1.807) is 7.11 Å². The van der Waals surface area contributed by atoms with Crippen LogP contribution in [0, 0.1) is 11.3 Å². The lowest BCUT2D eigenvalue weighted by Gasteiger charge is -2.32. The minimum absolute atomic E-state index is 0.112. The van der Waals surface area contributed by atoms with Crippen molar-refractivity contribution in [1.29, 1.82) is 0 Å². The molecular formula is C12H26N2O2. The molecule has 0 atom stereocenters. The Morgan fingerprint density at radius 2 is 2.00 bits per heavy atom. The molecule has 0 rings (SSSR count). The van der Waals surface area contributed by atoms with Gasteiger partial charge < -0.3 is 15.4 Å². The van der Waals surface area contributed by atoms with Gasteiger partial charge in [0.25, 0.3) is 0 Å². The highest BCUT2D eigenvalue weighted by Crippen LogP contribution is 2.17. The molecule has 0 bridgehead atoms. The van der Waals surface area contributed by atoms with E-state index in [0.29, 0.717) is 25.6 Å². The summed E-state index contributed by atoms with van der Waals surface area (Å²) >= 11 is 0. The largest absolute Gasteiger partial charge is 0.383 e. The minimum Gasteiger partial charge on any atom is -0.383 e. The standard InChI is InChI=1S/C12H26N2O2/c1-10(2)8-14(6-7-16-5)11(15)12(3,4)9-13/h10H,6-9,13H2,1-5H3. The van der Waals surface area contributed by atoms with E-state index in [9.17, 15) is 4.79 Å². The number of nitrogens with zero attached hydrogens (tertiary/aromatic N) is 1. The zero-order valence-corrected chi connectivity index (χ0v) is 11.2. The second-order valence-electron chi connectivity index (χ2n) is 5.23. The number of carbonyl (C=O) groups is 1. The lowest BCUT2D eigenvalue weighted by atomic mass is 9.91. The van der Waals surface area contributed by atoms with Gasteiger partial charge >= 0.3 is 0 Å². The van der Waals surface area contributed by atoms with Crippen LogP contribution in [-0.4, -0.2) is 44.2 Å². The van der Waals surface area contributed by atoms with Gasteiger partial charge in [0.15, 0.2) is 0 Å². The van der Waals surface area contributed by atoms with Crippen molar-refractivity contribution in [2.45, 2.75) is 27.7 Å². The van der Waals surface area contributed by atoms with Gasteiger partial charge in [-0.25, -0.2) is 0 Å². The Kier molecular flexibility index (Phi) is 6.60. The normalized spacial score (nSPS) is 11.9. The average molecular weight is 230 g/mol. The van der Waals surface area contributed by atoms with Gasteiger partial charge in [0, 0.05) is 26.7 Å². The van der Waals surface area contributed by atoms with Crippen LogP contribution in [0.2, 0.25) is 0 Å². The number of carbonyl (C=O) groups excluding carboxylic acids is 1. The summed E-state index contributed by atoms with van der Waals surface area (Å²) in [6.07, 6.45) is 0. The van der Waals surface area contributed by atoms with E-state index in [1.807, 2.05) is 18.7 Å². The summed E-state index contributed by atoms with van der Waals surface area (Å²) in [5, 5.41) is 0. The molecule has 0 unspecified atom stereocenters. The van der Waals surface area contributed by atoms with Crippen LogP contribution in [0.5, 0.6) is 0 Å². The molecular weight excluding hydrogens is 204 g/mol. The molecule has 0 saturated carbocycles. The van der Waals surface area contributed by atoms with Crippen molar-refractivity contribution in [3.05, 3.63) is 0 Å². The maximum Gasteiger partial charge on any atom is 0.229 e. The van der Waals surface area contributed by atoms with Crippen LogP contribution in [0.25, 0.3) is 0 Å². The summed E-state index contributed by atoms with van der Waals surface area (Å²) in [5.41, 5.74) is 5.14. The fraction of sp³-hybridized carbons (Fsp3) is 0.917. The molecule has 0 aromatic heterocycles. The maximum atomic E-state index is 12.2. The van der Waals surface area contributed by atoms with Gasteiger partial charge in [-0.15, -0.1) is 0 Å². The Labute approximate surface area is 99.1 Å². The topological polar surface area (TPSA) is 55.6 Å². The number of rotatable bonds is 7. The Bertz CT molecular complexity index is 215. The second kappa shape index (κ2) is 6.86. The van der Waals surface area contributed by atoms with Crippen LogP contribution in [0.4, 0.5) is 0 Å². The molecule has 0 aliphatic rings. The summed E-state index contributed by atoms with van der Waals surface area (Å²) in [6.45, 7) is 10.3. The zero-order valence-electron chi connectivity index (χ0n) is 11.2. The van der Waals surface area contributed by atoms with Gasteiger partial charge in [0.05, 0.1) is 12.0 Å². The minimum atomic E-state index is -0.484. The van der Waals surface area contributed by atoms with Crippen molar-refractivity contribution < 1.29 is 9.53 Å². The SMILES string of the molecule is COCCN(CC(C)C)C(=O)C(C)(C)CN. The van der Waals surface area contributed by atoms with Gasteiger partial charge in [-0.3, -0.25) is 4.79 Å². The Balaban J connectivity index is 4.54. The van der Waals surface area contributed by atoms with Crippen LogP contribution in [0.1, 0.15) is 27.7 Å². The molecule has 96 valence electrons. The first-order chi connectivity index (χ1) is 7.35. The lowest BCUT2D eigenvalue weighted by molar-refractivity contribution is -0.141. The zero-order chi connectivity index (χ0) is 12.8. The molecule has 4 nitrogen and oxygen atoms in total. The van der Waals surface area contributed by atoms with E-state index in [2.05, 4.69) is 13.8 Å². The summed E-state index contributed by atoms with van der Waals surface area (Å²) in [7, 11) is 1.64. The van der Waals surface area contributed by atoms with E-state index in [-0.39, 0.29) is 5.91 Å². The molecule has 0 fully saturated rings. The van der Waals surface area contributed by atoms with Gasteiger partial charge in [-0.2, -0.15) is 0 Å². The molecule has 0 heterocycles. The van der Waals surface area contributed by atoms with Crippen LogP contribution >= 0.6 is 0 Å². The van der Waals surface area contributed by atoms with Crippen molar-refractivity contribution in [2.24, 2.45) is 17.1 Å². The predicted octanol–water partition coefficient (Wildman–Crippen LogP) is 1.10. The summed E-state index contributed by atoms with van der Waals surface area (Å²) in [6, 6.07) is 0. The van der Waals surface area contributed by atoms with Crippen molar-refractivity contribution >= 4 is 5.91 Å². The molecule has 0 aromatic rings. The van der Waals surface area contributed by atoms with E-state index in [0.717, 1.165) is 6.54 Å². The highest BCUT2D eigenvalue weighted by Gasteiger charge is 2.30. The third-order valence-corrected chi connectivity index (χ3v) is 2.53. The highest BCUT2D eigenvalue weighted by atomic mass is 16.5. The Morgan fingerprint density at radius 3 is 2.38 bits per heavy atom. The summed E-state index contributed by atoms with van der Waals surface area (Å²) in [5.74, 6) is 0.565. The quantitative estimate of drug-likeness (QED) is 0.712. The van der Waals surface area contributed by atoms with Gasteiger partial charge in [-0.05, 0) is 19.8 Å². The molecule has 0 aromatic carbocycles. The summed E-state index contributed by atoms with van der Waals surface area (Å²) in [4.78, 5) is 14.1.